The van der Waals surface area contributed by atoms with Crippen LogP contribution in [-0.4, -0.2) is 33.1 Å². The molecule has 0 atom stereocenters. The second kappa shape index (κ2) is 4.10. The quantitative estimate of drug-likeness (QED) is 0.717. The van der Waals surface area contributed by atoms with Crippen LogP contribution in [0.1, 0.15) is 5.82 Å². The van der Waals surface area contributed by atoms with E-state index in [-0.39, 0.29) is 5.91 Å². The zero-order chi connectivity index (χ0) is 8.97. The van der Waals surface area contributed by atoms with Gasteiger partial charge < -0.3 is 0 Å². The first-order valence-corrected chi connectivity index (χ1v) is 4.79. The van der Waals surface area contributed by atoms with E-state index in [9.17, 15) is 4.79 Å². The number of aromatic amines is 1. The molecule has 0 aromatic carbocycles. The molecule has 1 aromatic rings. The molecule has 0 bridgehead atoms. The molecular weight excluding hydrogens is 176 g/mol. The van der Waals surface area contributed by atoms with Gasteiger partial charge in [-0.05, 0) is 13.2 Å². The predicted molar refractivity (Wildman–Crippen MR) is 48.1 cm³/mol. The molecule has 0 aliphatic carbocycles. The van der Waals surface area contributed by atoms with Crippen LogP contribution in [0, 0.1) is 6.92 Å². The Morgan fingerprint density at radius 1 is 1.75 bits per heavy atom. The number of nitrogens with one attached hydrogen (secondary N) is 2. The number of carbonyl (C=O) groups excluding carboxylic acids is 1. The van der Waals surface area contributed by atoms with Crippen molar-refractivity contribution in [3.05, 3.63) is 5.82 Å². The average Bonchev–Trinajstić information content (AvgIpc) is 2.36. The molecule has 2 N–H and O–H groups in total. The zero-order valence-electron chi connectivity index (χ0n) is 6.92. The van der Waals surface area contributed by atoms with Crippen molar-refractivity contribution >= 4 is 23.6 Å². The van der Waals surface area contributed by atoms with Gasteiger partial charge in [-0.25, -0.2) is 0 Å². The maximum atomic E-state index is 11.0. The van der Waals surface area contributed by atoms with Gasteiger partial charge in [0.05, 0.1) is 5.75 Å². The fraction of sp³-hybridized carbons (Fsp3) is 0.500. The average molecular weight is 186 g/mol. The zero-order valence-corrected chi connectivity index (χ0v) is 7.73. The number of thioether (sulfide) groups is 1. The van der Waals surface area contributed by atoms with Crippen molar-refractivity contribution in [1.82, 2.24) is 15.2 Å². The standard InChI is InChI=1S/C6H10N4OS/c1-4-7-6(10-9-4)8-5(11)3-12-2/h3H2,1-2H3,(H2,7,8,9,10,11). The monoisotopic (exact) mass is 186 g/mol. The highest BCUT2D eigenvalue weighted by atomic mass is 32.2. The Hall–Kier alpha value is -1.04. The molecule has 0 spiro atoms. The fourth-order valence-corrected chi connectivity index (χ4v) is 1.02. The number of carbonyl (C=O) groups is 1. The molecule has 0 aliphatic heterocycles. The van der Waals surface area contributed by atoms with Crippen molar-refractivity contribution in [2.75, 3.05) is 17.3 Å². The van der Waals surface area contributed by atoms with Gasteiger partial charge >= 0.3 is 0 Å². The second-order valence-electron chi connectivity index (χ2n) is 2.23. The van der Waals surface area contributed by atoms with E-state index in [4.69, 9.17) is 0 Å². The predicted octanol–water partition coefficient (Wildman–Crippen LogP) is 0.415. The van der Waals surface area contributed by atoms with Crippen LogP contribution in [0.25, 0.3) is 0 Å². The van der Waals surface area contributed by atoms with E-state index >= 15 is 0 Å². The molecule has 1 aromatic heterocycles. The van der Waals surface area contributed by atoms with Crippen LogP contribution in [0.5, 0.6) is 0 Å². The van der Waals surface area contributed by atoms with Gasteiger partial charge in [0.25, 0.3) is 0 Å². The normalized spacial score (nSPS) is 9.83. The molecule has 5 nitrogen and oxygen atoms in total. The summed E-state index contributed by atoms with van der Waals surface area (Å²) in [6, 6.07) is 0. The summed E-state index contributed by atoms with van der Waals surface area (Å²) in [5.41, 5.74) is 0. The largest absolute Gasteiger partial charge is 0.293 e. The molecule has 1 amide bonds. The summed E-state index contributed by atoms with van der Waals surface area (Å²) in [6.07, 6.45) is 1.86. The van der Waals surface area contributed by atoms with E-state index in [1.807, 2.05) is 6.26 Å². The third-order valence-corrected chi connectivity index (χ3v) is 1.67. The van der Waals surface area contributed by atoms with Gasteiger partial charge in [0.2, 0.25) is 11.9 Å². The summed E-state index contributed by atoms with van der Waals surface area (Å²) in [6.45, 7) is 1.78. The van der Waals surface area contributed by atoms with Gasteiger partial charge in [-0.1, -0.05) is 0 Å². The number of aryl methyl sites for hydroxylation is 1. The summed E-state index contributed by atoms with van der Waals surface area (Å²) < 4.78 is 0. The second-order valence-corrected chi connectivity index (χ2v) is 3.09. The minimum Gasteiger partial charge on any atom is -0.293 e. The van der Waals surface area contributed by atoms with Crippen molar-refractivity contribution in [2.24, 2.45) is 0 Å². The lowest BCUT2D eigenvalue weighted by atomic mass is 10.7. The minimum absolute atomic E-state index is 0.0819. The highest BCUT2D eigenvalue weighted by Crippen LogP contribution is 1.98. The van der Waals surface area contributed by atoms with Gasteiger partial charge in [0.1, 0.15) is 5.82 Å². The molecule has 0 radical (unpaired) electrons. The summed E-state index contributed by atoms with van der Waals surface area (Å²) in [5, 5.41) is 8.94. The van der Waals surface area contributed by atoms with Crippen molar-refractivity contribution in [1.29, 1.82) is 0 Å². The highest BCUT2D eigenvalue weighted by molar-refractivity contribution is 7.99. The first kappa shape index (κ1) is 9.05. The number of hydrogen-bond acceptors (Lipinski definition) is 4. The maximum Gasteiger partial charge on any atom is 0.248 e. The number of H-pyrrole nitrogens is 1. The van der Waals surface area contributed by atoms with E-state index in [0.717, 1.165) is 0 Å². The van der Waals surface area contributed by atoms with E-state index in [1.54, 1.807) is 6.92 Å². The molecule has 12 heavy (non-hydrogen) atoms. The van der Waals surface area contributed by atoms with Gasteiger partial charge in [0, 0.05) is 0 Å². The van der Waals surface area contributed by atoms with Crippen molar-refractivity contribution in [3.8, 4) is 0 Å². The van der Waals surface area contributed by atoms with Gasteiger partial charge in [-0.2, -0.15) is 16.7 Å². The van der Waals surface area contributed by atoms with Gasteiger partial charge in [0.15, 0.2) is 0 Å². The van der Waals surface area contributed by atoms with Crippen molar-refractivity contribution in [3.63, 3.8) is 0 Å². The van der Waals surface area contributed by atoms with Crippen LogP contribution >= 0.6 is 11.8 Å². The Balaban J connectivity index is 2.46. The number of hydrogen-bond donors (Lipinski definition) is 2. The molecule has 0 saturated carbocycles. The van der Waals surface area contributed by atoms with E-state index in [0.29, 0.717) is 17.5 Å². The van der Waals surface area contributed by atoms with E-state index < -0.39 is 0 Å². The third-order valence-electron chi connectivity index (χ3n) is 1.12. The third kappa shape index (κ3) is 2.54. The number of anilines is 1. The smallest absolute Gasteiger partial charge is 0.248 e. The lowest BCUT2D eigenvalue weighted by molar-refractivity contribution is -0.113. The number of nitrogens with zero attached hydrogens (tertiary/aromatic N) is 2. The van der Waals surface area contributed by atoms with Crippen LogP contribution < -0.4 is 5.32 Å². The Kier molecular flexibility index (Phi) is 3.09. The summed E-state index contributed by atoms with van der Waals surface area (Å²) in [7, 11) is 0. The lowest BCUT2D eigenvalue weighted by Crippen LogP contribution is -2.14. The molecule has 6 heteroatoms. The molecule has 0 saturated heterocycles. The molecular formula is C6H10N4OS. The fourth-order valence-electron chi connectivity index (χ4n) is 0.690. The van der Waals surface area contributed by atoms with Crippen molar-refractivity contribution < 1.29 is 4.79 Å². The van der Waals surface area contributed by atoms with Crippen LogP contribution in [0.15, 0.2) is 0 Å². The SMILES string of the molecule is CSCC(=O)Nc1n[nH]c(C)n1. The number of aromatic nitrogens is 3. The minimum atomic E-state index is -0.0819. The number of amides is 1. The lowest BCUT2D eigenvalue weighted by Gasteiger charge is -1.96. The van der Waals surface area contributed by atoms with Gasteiger partial charge in [-0.3, -0.25) is 15.2 Å². The topological polar surface area (TPSA) is 70.7 Å². The molecule has 1 heterocycles. The van der Waals surface area contributed by atoms with Crippen LogP contribution in [-0.2, 0) is 4.79 Å². The van der Waals surface area contributed by atoms with Crippen LogP contribution in [0.2, 0.25) is 0 Å². The molecule has 0 fully saturated rings. The summed E-state index contributed by atoms with van der Waals surface area (Å²) in [5.74, 6) is 1.37. The first-order valence-electron chi connectivity index (χ1n) is 3.40. The Bertz CT molecular complexity index is 272. The Morgan fingerprint density at radius 2 is 2.50 bits per heavy atom. The first-order chi connectivity index (χ1) is 5.72. The van der Waals surface area contributed by atoms with E-state index in [1.165, 1.54) is 11.8 Å². The highest BCUT2D eigenvalue weighted by Gasteiger charge is 2.03. The van der Waals surface area contributed by atoms with Gasteiger partial charge in [-0.15, -0.1) is 5.10 Å². The Labute approximate surface area is 74.3 Å². The van der Waals surface area contributed by atoms with Crippen LogP contribution in [0.4, 0.5) is 5.95 Å². The molecule has 0 aliphatic rings. The number of rotatable bonds is 3. The maximum absolute atomic E-state index is 11.0. The summed E-state index contributed by atoms with van der Waals surface area (Å²) >= 11 is 1.46. The van der Waals surface area contributed by atoms with E-state index in [2.05, 4.69) is 20.5 Å². The van der Waals surface area contributed by atoms with Crippen molar-refractivity contribution in [2.45, 2.75) is 6.92 Å². The molecule has 0 unspecified atom stereocenters. The molecule has 1 rings (SSSR count). The summed E-state index contributed by atoms with van der Waals surface area (Å²) in [4.78, 5) is 14.9. The van der Waals surface area contributed by atoms with Crippen LogP contribution in [0.3, 0.4) is 0 Å². The molecule has 66 valence electrons. The Morgan fingerprint density at radius 3 is 3.00 bits per heavy atom.